The van der Waals surface area contributed by atoms with Crippen molar-refractivity contribution in [1.29, 1.82) is 0 Å². The van der Waals surface area contributed by atoms with Gasteiger partial charge < -0.3 is 10.4 Å². The van der Waals surface area contributed by atoms with E-state index in [4.69, 9.17) is 0 Å². The minimum Gasteiger partial charge on any atom is -0.388 e. The summed E-state index contributed by atoms with van der Waals surface area (Å²) < 4.78 is 1.58. The van der Waals surface area contributed by atoms with Gasteiger partial charge in [-0.15, -0.1) is 0 Å². The van der Waals surface area contributed by atoms with Crippen LogP contribution in [0, 0.1) is 5.92 Å². The highest BCUT2D eigenvalue weighted by Gasteiger charge is 2.39. The van der Waals surface area contributed by atoms with Crippen LogP contribution in [-0.2, 0) is 7.05 Å². The van der Waals surface area contributed by atoms with E-state index >= 15 is 0 Å². The molecule has 1 unspecified atom stereocenters. The molecule has 1 aliphatic carbocycles. The number of hydrogen-bond acceptors (Lipinski definition) is 3. The van der Waals surface area contributed by atoms with Gasteiger partial charge >= 0.3 is 0 Å². The lowest BCUT2D eigenvalue weighted by molar-refractivity contribution is 0.0354. The van der Waals surface area contributed by atoms with Gasteiger partial charge in [0.2, 0.25) is 0 Å². The van der Waals surface area contributed by atoms with Crippen LogP contribution in [0.3, 0.4) is 0 Å². The van der Waals surface area contributed by atoms with Crippen LogP contribution >= 0.6 is 0 Å². The van der Waals surface area contributed by atoms with Crippen LogP contribution in [0.5, 0.6) is 0 Å². The van der Waals surface area contributed by atoms with Crippen molar-refractivity contribution >= 4 is 5.91 Å². The summed E-state index contributed by atoms with van der Waals surface area (Å²) in [6, 6.07) is 0. The van der Waals surface area contributed by atoms with Crippen molar-refractivity contribution in [3.05, 3.63) is 18.0 Å². The van der Waals surface area contributed by atoms with Crippen LogP contribution in [-0.4, -0.2) is 32.9 Å². The Morgan fingerprint density at radius 3 is 2.94 bits per heavy atom. The van der Waals surface area contributed by atoms with Crippen molar-refractivity contribution in [1.82, 2.24) is 15.1 Å². The Morgan fingerprint density at radius 1 is 1.75 bits per heavy atom. The van der Waals surface area contributed by atoms with Gasteiger partial charge in [0.15, 0.2) is 0 Å². The van der Waals surface area contributed by atoms with Crippen molar-refractivity contribution in [2.24, 2.45) is 13.0 Å². The number of hydrogen-bond donors (Lipinski definition) is 2. The lowest BCUT2D eigenvalue weighted by atomic mass is 10.0. The number of carbonyl (C=O) groups excluding carboxylic acids is 1. The highest BCUT2D eigenvalue weighted by molar-refractivity contribution is 5.93. The second kappa shape index (κ2) is 3.90. The predicted octanol–water partition coefficient (Wildman–Crippen LogP) is 0.311. The molecule has 1 atom stereocenters. The van der Waals surface area contributed by atoms with Gasteiger partial charge in [0, 0.05) is 19.8 Å². The molecule has 0 radical (unpaired) electrons. The van der Waals surface area contributed by atoms with E-state index in [1.807, 2.05) is 0 Å². The molecule has 1 saturated carbocycles. The molecule has 5 nitrogen and oxygen atoms in total. The van der Waals surface area contributed by atoms with Crippen molar-refractivity contribution in [3.8, 4) is 0 Å². The van der Waals surface area contributed by atoms with Crippen LogP contribution in [0.2, 0.25) is 0 Å². The van der Waals surface area contributed by atoms with Gasteiger partial charge in [-0.05, 0) is 25.7 Å². The molecule has 0 bridgehead atoms. The van der Waals surface area contributed by atoms with E-state index in [0.717, 1.165) is 12.8 Å². The molecule has 0 saturated heterocycles. The zero-order valence-electron chi connectivity index (χ0n) is 9.60. The zero-order valence-corrected chi connectivity index (χ0v) is 9.60. The predicted molar refractivity (Wildman–Crippen MR) is 58.9 cm³/mol. The van der Waals surface area contributed by atoms with Crippen molar-refractivity contribution < 1.29 is 9.90 Å². The molecule has 1 fully saturated rings. The van der Waals surface area contributed by atoms with Crippen molar-refractivity contribution in [3.63, 3.8) is 0 Å². The van der Waals surface area contributed by atoms with Crippen molar-refractivity contribution in [2.75, 3.05) is 6.54 Å². The van der Waals surface area contributed by atoms with Crippen LogP contribution in [0.4, 0.5) is 0 Å². The zero-order chi connectivity index (χ0) is 11.8. The molecule has 5 heteroatoms. The number of rotatable bonds is 4. The summed E-state index contributed by atoms with van der Waals surface area (Å²) >= 11 is 0. The molecule has 0 aliphatic heterocycles. The number of nitrogens with zero attached hydrogens (tertiary/aromatic N) is 2. The number of aryl methyl sites for hydroxylation is 1. The number of carbonyl (C=O) groups is 1. The lowest BCUT2D eigenvalue weighted by Gasteiger charge is -2.22. The lowest BCUT2D eigenvalue weighted by Crippen LogP contribution is -2.42. The van der Waals surface area contributed by atoms with Gasteiger partial charge in [0.25, 0.3) is 5.91 Å². The van der Waals surface area contributed by atoms with Gasteiger partial charge in [0.1, 0.15) is 0 Å². The first-order valence-corrected chi connectivity index (χ1v) is 5.48. The van der Waals surface area contributed by atoms with Crippen molar-refractivity contribution in [2.45, 2.75) is 25.4 Å². The smallest absolute Gasteiger partial charge is 0.254 e. The fourth-order valence-electron chi connectivity index (χ4n) is 1.75. The van der Waals surface area contributed by atoms with Crippen LogP contribution < -0.4 is 5.32 Å². The van der Waals surface area contributed by atoms with Gasteiger partial charge in [-0.1, -0.05) is 0 Å². The maximum absolute atomic E-state index is 11.7. The monoisotopic (exact) mass is 223 g/mol. The van der Waals surface area contributed by atoms with Gasteiger partial charge in [-0.25, -0.2) is 0 Å². The maximum atomic E-state index is 11.7. The van der Waals surface area contributed by atoms with E-state index < -0.39 is 5.60 Å². The first-order valence-electron chi connectivity index (χ1n) is 5.48. The average molecular weight is 223 g/mol. The third-order valence-electron chi connectivity index (χ3n) is 3.03. The molecule has 1 aromatic heterocycles. The van der Waals surface area contributed by atoms with Crippen LogP contribution in [0.1, 0.15) is 30.1 Å². The molecule has 2 N–H and O–H groups in total. The minimum absolute atomic E-state index is 0.186. The largest absolute Gasteiger partial charge is 0.388 e. The van der Waals surface area contributed by atoms with Gasteiger partial charge in [-0.3, -0.25) is 9.48 Å². The molecule has 1 heterocycles. The molecule has 1 aromatic rings. The number of aromatic nitrogens is 2. The molecular formula is C11H17N3O2. The van der Waals surface area contributed by atoms with Gasteiger partial charge in [-0.2, -0.15) is 5.10 Å². The summed E-state index contributed by atoms with van der Waals surface area (Å²) in [6.45, 7) is 2.07. The molecule has 16 heavy (non-hydrogen) atoms. The summed E-state index contributed by atoms with van der Waals surface area (Å²) in [5, 5.41) is 16.7. The topological polar surface area (TPSA) is 67.2 Å². The quantitative estimate of drug-likeness (QED) is 0.772. The third kappa shape index (κ3) is 2.41. The number of aliphatic hydroxyl groups is 1. The number of nitrogens with one attached hydrogen (secondary N) is 1. The normalized spacial score (nSPS) is 19.2. The summed E-state index contributed by atoms with van der Waals surface area (Å²) in [5.74, 6) is 0.149. The molecule has 88 valence electrons. The average Bonchev–Trinajstić information content (AvgIpc) is 2.99. The van der Waals surface area contributed by atoms with E-state index in [9.17, 15) is 9.90 Å². The Bertz CT molecular complexity index is 394. The molecule has 2 rings (SSSR count). The van der Waals surface area contributed by atoms with E-state index in [1.165, 1.54) is 6.20 Å². The summed E-state index contributed by atoms with van der Waals surface area (Å²) in [7, 11) is 1.76. The first kappa shape index (κ1) is 11.1. The second-order valence-electron chi connectivity index (χ2n) is 4.72. The molecule has 0 spiro atoms. The van der Waals surface area contributed by atoms with E-state index in [0.29, 0.717) is 18.0 Å². The van der Waals surface area contributed by atoms with Crippen LogP contribution in [0.25, 0.3) is 0 Å². The Morgan fingerprint density at radius 2 is 2.44 bits per heavy atom. The standard InChI is InChI=1S/C11H17N3O2/c1-11(16,9-3-4-9)7-12-10(15)8-5-13-14(2)6-8/h5-6,9,16H,3-4,7H2,1-2H3,(H,12,15). The Hall–Kier alpha value is -1.36. The molecule has 0 aromatic carbocycles. The summed E-state index contributed by atoms with van der Waals surface area (Å²) in [6.07, 6.45) is 5.27. The molecular weight excluding hydrogens is 206 g/mol. The van der Waals surface area contributed by atoms with E-state index in [2.05, 4.69) is 10.4 Å². The minimum atomic E-state index is -0.780. The van der Waals surface area contributed by atoms with E-state index in [1.54, 1.807) is 24.9 Å². The highest BCUT2D eigenvalue weighted by Crippen LogP contribution is 2.38. The third-order valence-corrected chi connectivity index (χ3v) is 3.03. The van der Waals surface area contributed by atoms with E-state index in [-0.39, 0.29) is 5.91 Å². The SMILES string of the molecule is Cn1cc(C(=O)NCC(C)(O)C2CC2)cn1. The highest BCUT2D eigenvalue weighted by atomic mass is 16.3. The second-order valence-corrected chi connectivity index (χ2v) is 4.72. The number of amides is 1. The van der Waals surface area contributed by atoms with Gasteiger partial charge in [0.05, 0.1) is 17.4 Å². The van der Waals surface area contributed by atoms with Crippen LogP contribution in [0.15, 0.2) is 12.4 Å². The Labute approximate surface area is 94.5 Å². The fourth-order valence-corrected chi connectivity index (χ4v) is 1.75. The Kier molecular flexibility index (Phi) is 2.71. The maximum Gasteiger partial charge on any atom is 0.254 e. The fraction of sp³-hybridized carbons (Fsp3) is 0.636. The summed E-state index contributed by atoms with van der Waals surface area (Å²) in [5.41, 5.74) is -0.258. The summed E-state index contributed by atoms with van der Waals surface area (Å²) in [4.78, 5) is 11.7. The molecule has 1 aliphatic rings. The molecule has 1 amide bonds. The Balaban J connectivity index is 1.88. The first-order chi connectivity index (χ1) is 7.49.